The minimum atomic E-state index is -5.02. The smallest absolute Gasteiger partial charge is 0.296 e. The van der Waals surface area contributed by atoms with Crippen LogP contribution in [0.5, 0.6) is 0 Å². The van der Waals surface area contributed by atoms with Gasteiger partial charge in [-0.1, -0.05) is 75.6 Å². The van der Waals surface area contributed by atoms with Gasteiger partial charge >= 0.3 is 0 Å². The highest BCUT2D eigenvalue weighted by atomic mass is 32.2. The molecule has 0 radical (unpaired) electrons. The van der Waals surface area contributed by atoms with Crippen molar-refractivity contribution in [3.05, 3.63) is 133 Å². The van der Waals surface area contributed by atoms with E-state index >= 15 is 0 Å². The number of rotatable bonds is 7. The number of benzene rings is 3. The third-order valence-corrected chi connectivity index (χ3v) is 8.23. The summed E-state index contributed by atoms with van der Waals surface area (Å²) in [5.74, 6) is -0.755. The fourth-order valence-corrected chi connectivity index (χ4v) is 5.98. The van der Waals surface area contributed by atoms with Crippen LogP contribution in [0.3, 0.4) is 0 Å². The zero-order valence-corrected chi connectivity index (χ0v) is 25.0. The topological polar surface area (TPSA) is 188 Å². The molecule has 0 spiro atoms. The monoisotopic (exact) mass is 634 g/mol. The summed E-state index contributed by atoms with van der Waals surface area (Å²) in [5, 5.41) is 13.7. The molecule has 11 nitrogen and oxygen atoms in total. The number of fused-ring (bicyclic) bond motifs is 2. The maximum atomic E-state index is 13.9. The Morgan fingerprint density at radius 1 is 0.909 bits per heavy atom. The van der Waals surface area contributed by atoms with Crippen LogP contribution in [0.2, 0.25) is 0 Å². The highest BCUT2D eigenvalue weighted by Gasteiger charge is 2.25. The Labute approximate surface area is 251 Å². The minimum absolute atomic E-state index is 0.0780. The van der Waals surface area contributed by atoms with Gasteiger partial charge in [0, 0.05) is 27.1 Å². The van der Waals surface area contributed by atoms with Gasteiger partial charge in [0.2, 0.25) is 0 Å². The molecule has 0 unspecified atom stereocenters. The summed E-state index contributed by atoms with van der Waals surface area (Å²) in [7, 11) is -9.71. The van der Waals surface area contributed by atoms with Crippen LogP contribution in [0, 0.1) is 10.4 Å². The molecule has 2 aliphatic rings. The van der Waals surface area contributed by atoms with Gasteiger partial charge in [-0.25, -0.2) is 4.98 Å². The van der Waals surface area contributed by atoms with Crippen molar-refractivity contribution in [3.8, 4) is 0 Å². The van der Waals surface area contributed by atoms with Crippen molar-refractivity contribution in [1.82, 2.24) is 4.98 Å². The number of anilines is 1. The van der Waals surface area contributed by atoms with E-state index in [1.165, 1.54) is 42.5 Å². The van der Waals surface area contributed by atoms with E-state index in [4.69, 9.17) is 0 Å². The number of nitrogens with zero attached hydrogens (tertiary/aromatic N) is 1. The van der Waals surface area contributed by atoms with Gasteiger partial charge in [0.1, 0.15) is 10.7 Å². The predicted octanol–water partition coefficient (Wildman–Crippen LogP) is 3.89. The zero-order chi connectivity index (χ0) is 32.6. The molecule has 0 fully saturated rings. The number of aliphatic hydroxyl groups excluding tert-OH is 1. The molecule has 1 heterocycles. The summed E-state index contributed by atoms with van der Waals surface area (Å²) in [6.07, 6.45) is 4.48. The molecule has 0 amide bonds. The zero-order valence-electron chi connectivity index (χ0n) is 23.4. The Bertz CT molecular complexity index is 2480. The van der Waals surface area contributed by atoms with E-state index < -0.39 is 57.5 Å². The van der Waals surface area contributed by atoms with Gasteiger partial charge in [0.05, 0.1) is 26.7 Å². The number of aliphatic hydroxyl groups is 1. The summed E-state index contributed by atoms with van der Waals surface area (Å²) in [6, 6.07) is 11.5. The molecule has 1 aliphatic heterocycles. The molecule has 226 valence electrons. The highest BCUT2D eigenvalue weighted by molar-refractivity contribution is 7.86. The molecule has 0 atom stereocenters. The van der Waals surface area contributed by atoms with Crippen molar-refractivity contribution in [1.29, 1.82) is 0 Å². The summed E-state index contributed by atoms with van der Waals surface area (Å²) in [4.78, 5) is 29.9. The third-order valence-electron chi connectivity index (χ3n) is 6.51. The highest BCUT2D eigenvalue weighted by Crippen LogP contribution is 2.30. The second kappa shape index (κ2) is 12.0. The van der Waals surface area contributed by atoms with Crippen LogP contribution in [0.25, 0.3) is 27.4 Å². The molecule has 4 N–H and O–H groups in total. The van der Waals surface area contributed by atoms with Gasteiger partial charge in [0.15, 0.2) is 5.43 Å². The summed E-state index contributed by atoms with van der Waals surface area (Å²) < 4.78 is 68.1. The van der Waals surface area contributed by atoms with Gasteiger partial charge < -0.3 is 10.4 Å². The lowest BCUT2D eigenvalue weighted by molar-refractivity contribution is 0.481. The van der Waals surface area contributed by atoms with Crippen molar-refractivity contribution < 1.29 is 31.0 Å². The lowest BCUT2D eigenvalue weighted by Gasteiger charge is -2.15. The Balaban J connectivity index is 0.00000216. The van der Waals surface area contributed by atoms with E-state index in [-0.39, 0.29) is 43.5 Å². The molecule has 0 saturated heterocycles. The number of nitrogens with one attached hydrogen (secondary N) is 1. The van der Waals surface area contributed by atoms with Crippen molar-refractivity contribution in [2.45, 2.75) is 23.6 Å². The first kappa shape index (κ1) is 32.0. The van der Waals surface area contributed by atoms with Crippen LogP contribution in [0.15, 0.2) is 111 Å². The maximum Gasteiger partial charge on any atom is 0.296 e. The van der Waals surface area contributed by atoms with Crippen molar-refractivity contribution in [2.24, 2.45) is 0 Å². The minimum Gasteiger partial charge on any atom is -0.506 e. The number of aromatic nitrogens is 1. The third kappa shape index (κ3) is 5.68. The lowest BCUT2D eigenvalue weighted by atomic mass is 9.96. The van der Waals surface area contributed by atoms with Gasteiger partial charge in [-0.3, -0.25) is 18.7 Å². The van der Waals surface area contributed by atoms with Gasteiger partial charge in [0.25, 0.3) is 25.8 Å². The van der Waals surface area contributed by atoms with E-state index in [1.54, 1.807) is 12.1 Å². The molecular formula is C31H26N2O9S2. The van der Waals surface area contributed by atoms with Crippen LogP contribution < -0.4 is 21.5 Å². The largest absolute Gasteiger partial charge is 0.506 e. The van der Waals surface area contributed by atoms with E-state index in [9.17, 15) is 40.6 Å². The standard InChI is InChI=1S/C29H20N2O9S2.C2H6/c1-3-4-8-15(2)30-20-14-21(42(38,39)40)26-24-22(18-11-5-6-12-19(18)28(33)23(20)24)25(29(34)31-26)27(32)16-9-7-10-17(13-16)41(35,36)37;1-2/h3-14,30,32H,1-2H2,(H,35,36,37)(H,38,39,40);1-2H3/b8-4-,27-25-;. The average Bonchev–Trinajstić information content (AvgIpc) is 2.98. The first-order valence-corrected chi connectivity index (χ1v) is 15.8. The SMILES string of the molecule is C=C/C=C\C(=C)Nc1cc(S(=O)(=O)O)c2nc(=O)/c(=C(\O)c3cccc(S(=O)(=O)O)c3)c3c4ccccc4c(=O)c1c2=3.CC. The second-order valence-corrected chi connectivity index (χ2v) is 11.9. The molecule has 3 aromatic carbocycles. The van der Waals surface area contributed by atoms with Crippen LogP contribution in [-0.4, -0.2) is 36.0 Å². The number of hydrogen-bond donors (Lipinski definition) is 4. The fourth-order valence-electron chi connectivity index (χ4n) is 4.79. The van der Waals surface area contributed by atoms with Gasteiger partial charge in [-0.2, -0.15) is 16.8 Å². The van der Waals surface area contributed by atoms with Crippen molar-refractivity contribution in [3.63, 3.8) is 0 Å². The molecule has 44 heavy (non-hydrogen) atoms. The van der Waals surface area contributed by atoms with Crippen molar-refractivity contribution in [2.75, 3.05) is 5.32 Å². The van der Waals surface area contributed by atoms with E-state index in [2.05, 4.69) is 23.5 Å². The normalized spacial score (nSPS) is 12.7. The Morgan fingerprint density at radius 2 is 1.57 bits per heavy atom. The summed E-state index contributed by atoms with van der Waals surface area (Å²) >= 11 is 0. The first-order valence-electron chi connectivity index (χ1n) is 13.0. The van der Waals surface area contributed by atoms with Crippen LogP contribution >= 0.6 is 0 Å². The number of hydrogen-bond acceptors (Lipinski definition) is 9. The van der Waals surface area contributed by atoms with Gasteiger partial charge in [-0.15, -0.1) is 0 Å². The van der Waals surface area contributed by atoms with E-state index in [0.29, 0.717) is 0 Å². The fraction of sp³-hybridized carbons (Fsp3) is 0.0645. The lowest BCUT2D eigenvalue weighted by Crippen LogP contribution is -2.33. The Hall–Kier alpha value is -4.95. The van der Waals surface area contributed by atoms with Crippen LogP contribution in [0.4, 0.5) is 5.69 Å². The van der Waals surface area contributed by atoms with Crippen LogP contribution in [0.1, 0.15) is 19.4 Å². The van der Waals surface area contributed by atoms with Gasteiger partial charge in [-0.05, 0) is 29.7 Å². The molecule has 0 saturated carbocycles. The predicted molar refractivity (Wildman–Crippen MR) is 168 cm³/mol. The molecule has 1 aliphatic carbocycles. The summed E-state index contributed by atoms with van der Waals surface area (Å²) in [5.41, 5.74) is -2.29. The first-order chi connectivity index (χ1) is 20.7. The van der Waals surface area contributed by atoms with E-state index in [1.807, 2.05) is 13.8 Å². The van der Waals surface area contributed by atoms with Crippen LogP contribution in [-0.2, 0) is 20.2 Å². The molecule has 5 rings (SSSR count). The molecule has 0 bridgehead atoms. The quantitative estimate of drug-likeness (QED) is 0.150. The molecule has 0 aromatic heterocycles. The molecule has 13 heteroatoms. The maximum absolute atomic E-state index is 13.9. The number of allylic oxidation sites excluding steroid dienone is 3. The molecule has 3 aromatic rings. The molecular weight excluding hydrogens is 608 g/mol. The summed E-state index contributed by atoms with van der Waals surface area (Å²) in [6.45, 7) is 11.4. The van der Waals surface area contributed by atoms with Crippen molar-refractivity contribution >= 4 is 53.4 Å². The average molecular weight is 635 g/mol. The second-order valence-electron chi connectivity index (χ2n) is 9.13. The Kier molecular flexibility index (Phi) is 8.70. The Morgan fingerprint density at radius 3 is 2.18 bits per heavy atom. The van der Waals surface area contributed by atoms with E-state index in [0.717, 1.165) is 18.2 Å².